The van der Waals surface area contributed by atoms with Crippen molar-refractivity contribution in [2.75, 3.05) is 45.0 Å². The van der Waals surface area contributed by atoms with Crippen LogP contribution in [0, 0.1) is 5.41 Å². The van der Waals surface area contributed by atoms with Gasteiger partial charge < -0.3 is 25.0 Å². The molecule has 4 aromatic rings. The number of ether oxygens (including phenoxy) is 2. The predicted molar refractivity (Wildman–Crippen MR) is 173 cm³/mol. The van der Waals surface area contributed by atoms with Crippen LogP contribution in [0.4, 0.5) is 11.6 Å². The largest absolute Gasteiger partial charge is 0.497 e. The quantitative estimate of drug-likeness (QED) is 0.240. The molecule has 0 radical (unpaired) electrons. The average Bonchev–Trinajstić information content (AvgIpc) is 2.99. The van der Waals surface area contributed by atoms with Crippen molar-refractivity contribution in [1.29, 1.82) is 0 Å². The van der Waals surface area contributed by atoms with E-state index >= 15 is 0 Å². The highest BCUT2D eigenvalue weighted by Gasteiger charge is 2.51. The Morgan fingerprint density at radius 2 is 1.89 bits per heavy atom. The number of halogens is 1. The van der Waals surface area contributed by atoms with E-state index in [1.807, 2.05) is 24.3 Å². The molecular formula is C33H35ClN6O4. The maximum Gasteiger partial charge on any atom is 0.260 e. The van der Waals surface area contributed by atoms with Crippen molar-refractivity contribution < 1.29 is 14.3 Å². The van der Waals surface area contributed by atoms with Gasteiger partial charge in [0.1, 0.15) is 17.1 Å². The van der Waals surface area contributed by atoms with Crippen molar-refractivity contribution in [3.05, 3.63) is 82.3 Å². The van der Waals surface area contributed by atoms with Gasteiger partial charge in [0.05, 0.1) is 19.2 Å². The number of pyridine rings is 1. The lowest BCUT2D eigenvalue weighted by molar-refractivity contribution is -0.111. The third-order valence-corrected chi connectivity index (χ3v) is 8.91. The molecule has 2 aromatic carbocycles. The van der Waals surface area contributed by atoms with Crippen LogP contribution in [0.25, 0.3) is 22.2 Å². The molecule has 228 valence electrons. The van der Waals surface area contributed by atoms with E-state index in [9.17, 15) is 9.59 Å². The Bertz CT molecular complexity index is 1790. The molecule has 1 saturated heterocycles. The first-order chi connectivity index (χ1) is 21.2. The fourth-order valence-electron chi connectivity index (χ4n) is 6.48. The Kier molecular flexibility index (Phi) is 8.04. The summed E-state index contributed by atoms with van der Waals surface area (Å²) in [6, 6.07) is 13.0. The van der Waals surface area contributed by atoms with Crippen LogP contribution < -0.4 is 25.7 Å². The van der Waals surface area contributed by atoms with Crippen molar-refractivity contribution in [3.63, 3.8) is 0 Å². The summed E-state index contributed by atoms with van der Waals surface area (Å²) in [5, 5.41) is 7.26. The summed E-state index contributed by atoms with van der Waals surface area (Å²) in [6.07, 6.45) is 5.70. The van der Waals surface area contributed by atoms with E-state index in [-0.39, 0.29) is 11.5 Å². The number of likely N-dealkylation sites (tertiary alicyclic amines) is 1. The van der Waals surface area contributed by atoms with Crippen LogP contribution in [0.15, 0.2) is 66.1 Å². The number of hydrogen-bond acceptors (Lipinski definition) is 8. The Labute approximate surface area is 260 Å². The number of aromatic nitrogens is 3. The van der Waals surface area contributed by atoms with E-state index in [1.165, 1.54) is 13.2 Å². The maximum absolute atomic E-state index is 14.2. The van der Waals surface area contributed by atoms with Gasteiger partial charge in [0, 0.05) is 60.1 Å². The lowest BCUT2D eigenvalue weighted by atomic mass is 9.61. The molecule has 1 spiro atoms. The second-order valence-electron chi connectivity index (χ2n) is 11.7. The number of nitrogens with zero attached hydrogens (tertiary/aromatic N) is 4. The van der Waals surface area contributed by atoms with Gasteiger partial charge in [0.2, 0.25) is 11.9 Å². The van der Waals surface area contributed by atoms with Crippen LogP contribution in [-0.4, -0.2) is 65.7 Å². The van der Waals surface area contributed by atoms with Crippen LogP contribution in [-0.2, 0) is 17.8 Å². The Balaban J connectivity index is 1.35. The zero-order chi connectivity index (χ0) is 31.0. The zero-order valence-electron chi connectivity index (χ0n) is 25.0. The molecule has 2 fully saturated rings. The summed E-state index contributed by atoms with van der Waals surface area (Å²) in [6.45, 7) is 6.10. The minimum atomic E-state index is -0.276. The summed E-state index contributed by atoms with van der Waals surface area (Å²) < 4.78 is 12.6. The fourth-order valence-corrected chi connectivity index (χ4v) is 6.77. The smallest absolute Gasteiger partial charge is 0.260 e. The predicted octanol–water partition coefficient (Wildman–Crippen LogP) is 5.00. The molecule has 10 nitrogen and oxygen atoms in total. The number of benzene rings is 2. The number of anilines is 2. The van der Waals surface area contributed by atoms with Crippen LogP contribution in [0.1, 0.15) is 18.4 Å². The number of hydrogen-bond donors (Lipinski definition) is 2. The second kappa shape index (κ2) is 11.9. The summed E-state index contributed by atoms with van der Waals surface area (Å²) in [5.74, 6) is 1.15. The van der Waals surface area contributed by atoms with E-state index < -0.39 is 0 Å². The molecule has 6 rings (SSSR count). The van der Waals surface area contributed by atoms with Crippen molar-refractivity contribution in [2.24, 2.45) is 5.41 Å². The highest BCUT2D eigenvalue weighted by atomic mass is 35.5. The molecule has 2 aromatic heterocycles. The van der Waals surface area contributed by atoms with E-state index in [2.05, 4.69) is 34.1 Å². The van der Waals surface area contributed by atoms with Crippen molar-refractivity contribution in [2.45, 2.75) is 31.8 Å². The molecule has 11 heteroatoms. The van der Waals surface area contributed by atoms with Gasteiger partial charge in [-0.2, -0.15) is 4.98 Å². The lowest BCUT2D eigenvalue weighted by Gasteiger charge is -2.58. The number of aryl methyl sites for hydroxylation is 2. The molecule has 1 saturated carbocycles. The number of carbonyl (C=O) groups excluding carboxylic acids is 1. The summed E-state index contributed by atoms with van der Waals surface area (Å²) in [5.41, 5.74) is 3.26. The van der Waals surface area contributed by atoms with E-state index in [0.717, 1.165) is 31.5 Å². The number of methoxy groups -OCH3 is 2. The normalized spacial score (nSPS) is 15.8. The van der Waals surface area contributed by atoms with Gasteiger partial charge in [-0.05, 0) is 67.6 Å². The fraction of sp³-hybridized carbons (Fsp3) is 0.333. The zero-order valence-corrected chi connectivity index (χ0v) is 25.8. The molecular weight excluding hydrogens is 580 g/mol. The minimum absolute atomic E-state index is 0.241. The van der Waals surface area contributed by atoms with Crippen LogP contribution in [0.2, 0.25) is 5.02 Å². The van der Waals surface area contributed by atoms with Gasteiger partial charge in [-0.25, -0.2) is 4.98 Å². The van der Waals surface area contributed by atoms with Gasteiger partial charge >= 0.3 is 0 Å². The summed E-state index contributed by atoms with van der Waals surface area (Å²) in [7, 11) is 5.22. The third kappa shape index (κ3) is 5.75. The molecule has 1 aliphatic heterocycles. The van der Waals surface area contributed by atoms with Gasteiger partial charge in [-0.1, -0.05) is 30.3 Å². The lowest BCUT2D eigenvalue weighted by Crippen LogP contribution is -2.63. The van der Waals surface area contributed by atoms with Gasteiger partial charge in [-0.3, -0.25) is 14.2 Å². The first-order valence-electron chi connectivity index (χ1n) is 14.5. The average molecular weight is 615 g/mol. The first kappa shape index (κ1) is 29.7. The minimum Gasteiger partial charge on any atom is -0.497 e. The molecule has 1 aliphatic carbocycles. The molecule has 44 heavy (non-hydrogen) atoms. The van der Waals surface area contributed by atoms with Crippen molar-refractivity contribution >= 4 is 40.2 Å². The number of rotatable bonds is 10. The highest BCUT2D eigenvalue weighted by molar-refractivity contribution is 6.35. The maximum atomic E-state index is 14.2. The van der Waals surface area contributed by atoms with Crippen molar-refractivity contribution in [3.8, 4) is 22.6 Å². The monoisotopic (exact) mass is 614 g/mol. The SMILES string of the molecule is C=CC(=O)Nc1ccc(CCn2c(=O)c(-c3cc(OC)cc(OC)c3Cl)cc3cnc(NC4CC5(C4)CN(C)C5)nc32)cc1. The van der Waals surface area contributed by atoms with Crippen LogP contribution >= 0.6 is 11.6 Å². The molecule has 0 bridgehead atoms. The number of fused-ring (bicyclic) bond motifs is 1. The van der Waals surface area contributed by atoms with Crippen LogP contribution in [0.3, 0.4) is 0 Å². The summed E-state index contributed by atoms with van der Waals surface area (Å²) >= 11 is 6.73. The molecule has 0 atom stereocenters. The molecule has 0 unspecified atom stereocenters. The van der Waals surface area contributed by atoms with Crippen molar-refractivity contribution in [1.82, 2.24) is 19.4 Å². The third-order valence-electron chi connectivity index (χ3n) is 8.52. The molecule has 3 heterocycles. The van der Waals surface area contributed by atoms with E-state index in [0.29, 0.717) is 74.7 Å². The Morgan fingerprint density at radius 1 is 1.14 bits per heavy atom. The highest BCUT2D eigenvalue weighted by Crippen LogP contribution is 2.48. The van der Waals surface area contributed by atoms with E-state index in [1.54, 1.807) is 36.1 Å². The van der Waals surface area contributed by atoms with E-state index in [4.69, 9.17) is 26.1 Å². The Hall–Kier alpha value is -4.41. The number of carbonyl (C=O) groups is 1. The summed E-state index contributed by atoms with van der Waals surface area (Å²) in [4.78, 5) is 37.7. The molecule has 1 amide bonds. The number of amides is 1. The topological polar surface area (TPSA) is 111 Å². The second-order valence-corrected chi connectivity index (χ2v) is 12.1. The molecule has 2 N–H and O–H groups in total. The first-order valence-corrected chi connectivity index (χ1v) is 14.9. The van der Waals surface area contributed by atoms with Gasteiger partial charge in [-0.15, -0.1) is 0 Å². The van der Waals surface area contributed by atoms with Gasteiger partial charge in [0.25, 0.3) is 5.56 Å². The standard InChI is InChI=1S/C33H35ClN6O4/c1-5-28(41)36-22-8-6-20(7-9-22)10-11-40-30-21(17-35-32(38-30)37-23-15-33(16-23)18-39(2)19-33)12-26(31(40)42)25-13-24(43-3)14-27(44-4)29(25)34/h5-9,12-14,17,23H,1,10-11,15-16,18-19H2,2-4H3,(H,36,41)(H,35,37,38). The van der Waals surface area contributed by atoms with Gasteiger partial charge in [0.15, 0.2) is 0 Å². The molecule has 2 aliphatic rings. The Morgan fingerprint density at radius 3 is 2.55 bits per heavy atom. The number of nitrogens with one attached hydrogen (secondary N) is 2. The van der Waals surface area contributed by atoms with Crippen LogP contribution in [0.5, 0.6) is 11.5 Å².